The van der Waals surface area contributed by atoms with Gasteiger partial charge in [0, 0.05) is 29.9 Å². The van der Waals surface area contributed by atoms with Gasteiger partial charge in [-0.05, 0) is 32.5 Å². The molecular formula is C16H26N2O2. The summed E-state index contributed by atoms with van der Waals surface area (Å²) in [7, 11) is 1.74. The second kappa shape index (κ2) is 6.95. The van der Waals surface area contributed by atoms with Crippen LogP contribution in [0.15, 0.2) is 18.2 Å². The standard InChI is InChI=1S/C16H26N2O2/c1-5-17-13(3)16-14(7-6-8-15(16)19-4)18-9-10-20-11-12(18)2/h6-8,12-13,17H,5,9-11H2,1-4H3. The molecule has 0 saturated carbocycles. The summed E-state index contributed by atoms with van der Waals surface area (Å²) in [5.41, 5.74) is 2.50. The van der Waals surface area contributed by atoms with Crippen LogP contribution in [0.25, 0.3) is 0 Å². The highest BCUT2D eigenvalue weighted by Gasteiger charge is 2.25. The zero-order valence-electron chi connectivity index (χ0n) is 13.0. The van der Waals surface area contributed by atoms with Gasteiger partial charge >= 0.3 is 0 Å². The summed E-state index contributed by atoms with van der Waals surface area (Å²) in [6.45, 7) is 9.97. The van der Waals surface area contributed by atoms with E-state index >= 15 is 0 Å². The SMILES string of the molecule is CCNC(C)c1c(OC)cccc1N1CCOCC1C. The highest BCUT2D eigenvalue weighted by atomic mass is 16.5. The van der Waals surface area contributed by atoms with Crippen molar-refractivity contribution in [2.75, 3.05) is 38.3 Å². The number of nitrogens with one attached hydrogen (secondary N) is 1. The van der Waals surface area contributed by atoms with Crippen molar-refractivity contribution in [2.45, 2.75) is 32.9 Å². The van der Waals surface area contributed by atoms with Gasteiger partial charge in [-0.15, -0.1) is 0 Å². The molecule has 2 unspecified atom stereocenters. The van der Waals surface area contributed by atoms with Gasteiger partial charge in [0.15, 0.2) is 0 Å². The summed E-state index contributed by atoms with van der Waals surface area (Å²) >= 11 is 0. The fourth-order valence-corrected chi connectivity index (χ4v) is 2.89. The Bertz CT molecular complexity index is 436. The number of anilines is 1. The van der Waals surface area contributed by atoms with Gasteiger partial charge in [0.1, 0.15) is 5.75 Å². The molecule has 0 amide bonds. The van der Waals surface area contributed by atoms with Gasteiger partial charge in [-0.1, -0.05) is 13.0 Å². The Labute approximate surface area is 122 Å². The number of nitrogens with zero attached hydrogens (tertiary/aromatic N) is 1. The van der Waals surface area contributed by atoms with Crippen LogP contribution in [-0.2, 0) is 4.74 Å². The van der Waals surface area contributed by atoms with Crippen LogP contribution in [0, 0.1) is 0 Å². The van der Waals surface area contributed by atoms with Crippen LogP contribution in [0.3, 0.4) is 0 Å². The number of hydrogen-bond donors (Lipinski definition) is 1. The summed E-state index contributed by atoms with van der Waals surface area (Å²) in [5.74, 6) is 0.953. The van der Waals surface area contributed by atoms with Crippen LogP contribution in [0.4, 0.5) is 5.69 Å². The van der Waals surface area contributed by atoms with E-state index in [4.69, 9.17) is 9.47 Å². The molecule has 4 heteroatoms. The van der Waals surface area contributed by atoms with Gasteiger partial charge in [0.2, 0.25) is 0 Å². The van der Waals surface area contributed by atoms with Crippen molar-refractivity contribution in [2.24, 2.45) is 0 Å². The van der Waals surface area contributed by atoms with Crippen LogP contribution in [0.1, 0.15) is 32.4 Å². The van der Waals surface area contributed by atoms with Gasteiger partial charge in [-0.3, -0.25) is 0 Å². The molecule has 0 bridgehead atoms. The minimum Gasteiger partial charge on any atom is -0.496 e. The first-order chi connectivity index (χ1) is 9.69. The Morgan fingerprint density at radius 1 is 1.50 bits per heavy atom. The normalized spacial score (nSPS) is 20.8. The third-order valence-electron chi connectivity index (χ3n) is 3.88. The molecule has 20 heavy (non-hydrogen) atoms. The van der Waals surface area contributed by atoms with Crippen LogP contribution >= 0.6 is 0 Å². The van der Waals surface area contributed by atoms with E-state index in [1.807, 2.05) is 6.07 Å². The average Bonchev–Trinajstić information content (AvgIpc) is 2.47. The largest absolute Gasteiger partial charge is 0.496 e. The molecule has 0 aromatic heterocycles. The maximum absolute atomic E-state index is 5.58. The van der Waals surface area contributed by atoms with Crippen molar-refractivity contribution in [3.05, 3.63) is 23.8 Å². The van der Waals surface area contributed by atoms with E-state index < -0.39 is 0 Å². The van der Waals surface area contributed by atoms with E-state index in [2.05, 4.69) is 43.1 Å². The van der Waals surface area contributed by atoms with E-state index in [1.54, 1.807) is 7.11 Å². The van der Waals surface area contributed by atoms with Crippen LogP contribution in [0.5, 0.6) is 5.75 Å². The van der Waals surface area contributed by atoms with Gasteiger partial charge in [-0.2, -0.15) is 0 Å². The summed E-state index contributed by atoms with van der Waals surface area (Å²) in [5, 5.41) is 3.49. The summed E-state index contributed by atoms with van der Waals surface area (Å²) in [4.78, 5) is 2.43. The Morgan fingerprint density at radius 2 is 2.30 bits per heavy atom. The molecule has 1 N–H and O–H groups in total. The van der Waals surface area contributed by atoms with Crippen LogP contribution in [-0.4, -0.2) is 39.5 Å². The minimum atomic E-state index is 0.265. The van der Waals surface area contributed by atoms with Gasteiger partial charge in [0.25, 0.3) is 0 Å². The smallest absolute Gasteiger partial charge is 0.125 e. The third kappa shape index (κ3) is 3.07. The molecule has 112 valence electrons. The zero-order chi connectivity index (χ0) is 14.5. The van der Waals surface area contributed by atoms with Crippen LogP contribution < -0.4 is 15.0 Å². The second-order valence-corrected chi connectivity index (χ2v) is 5.29. The summed E-state index contributed by atoms with van der Waals surface area (Å²) < 4.78 is 11.1. The van der Waals surface area contributed by atoms with Crippen molar-refractivity contribution in [3.63, 3.8) is 0 Å². The van der Waals surface area contributed by atoms with E-state index in [9.17, 15) is 0 Å². The molecule has 1 saturated heterocycles. The number of benzene rings is 1. The average molecular weight is 278 g/mol. The molecule has 1 aromatic carbocycles. The fraction of sp³-hybridized carbons (Fsp3) is 0.625. The lowest BCUT2D eigenvalue weighted by molar-refractivity contribution is 0.0988. The molecule has 1 fully saturated rings. The molecular weight excluding hydrogens is 252 g/mol. The van der Waals surface area contributed by atoms with E-state index in [-0.39, 0.29) is 6.04 Å². The quantitative estimate of drug-likeness (QED) is 0.897. The molecule has 0 aliphatic carbocycles. The van der Waals surface area contributed by atoms with Gasteiger partial charge in [-0.25, -0.2) is 0 Å². The first kappa shape index (κ1) is 15.1. The number of hydrogen-bond acceptors (Lipinski definition) is 4. The van der Waals surface area contributed by atoms with Crippen molar-refractivity contribution >= 4 is 5.69 Å². The Hall–Kier alpha value is -1.26. The number of rotatable bonds is 5. The molecule has 1 aromatic rings. The van der Waals surface area contributed by atoms with Crippen LogP contribution in [0.2, 0.25) is 0 Å². The molecule has 4 nitrogen and oxygen atoms in total. The maximum atomic E-state index is 5.58. The molecule has 0 spiro atoms. The Kier molecular flexibility index (Phi) is 5.26. The molecule has 0 radical (unpaired) electrons. The minimum absolute atomic E-state index is 0.265. The van der Waals surface area contributed by atoms with E-state index in [0.717, 1.165) is 32.1 Å². The van der Waals surface area contributed by atoms with Crippen molar-refractivity contribution in [1.82, 2.24) is 5.32 Å². The molecule has 2 rings (SSSR count). The lowest BCUT2D eigenvalue weighted by atomic mass is 10.0. The first-order valence-corrected chi connectivity index (χ1v) is 7.43. The lowest BCUT2D eigenvalue weighted by Gasteiger charge is -2.37. The molecule has 2 atom stereocenters. The highest BCUT2D eigenvalue weighted by Crippen LogP contribution is 2.36. The monoisotopic (exact) mass is 278 g/mol. The molecule has 1 heterocycles. The van der Waals surface area contributed by atoms with Gasteiger partial charge in [0.05, 0.1) is 20.3 Å². The highest BCUT2D eigenvalue weighted by molar-refractivity contribution is 5.61. The third-order valence-corrected chi connectivity index (χ3v) is 3.88. The summed E-state index contributed by atoms with van der Waals surface area (Å²) in [6, 6.07) is 6.95. The molecule has 1 aliphatic heterocycles. The number of morpholine rings is 1. The summed E-state index contributed by atoms with van der Waals surface area (Å²) in [6.07, 6.45) is 0. The Morgan fingerprint density at radius 3 is 2.95 bits per heavy atom. The van der Waals surface area contributed by atoms with Crippen molar-refractivity contribution in [3.8, 4) is 5.75 Å². The van der Waals surface area contributed by atoms with Gasteiger partial charge < -0.3 is 19.7 Å². The van der Waals surface area contributed by atoms with Crippen molar-refractivity contribution < 1.29 is 9.47 Å². The maximum Gasteiger partial charge on any atom is 0.125 e. The first-order valence-electron chi connectivity index (χ1n) is 7.43. The number of ether oxygens (including phenoxy) is 2. The van der Waals surface area contributed by atoms with E-state index in [1.165, 1.54) is 11.3 Å². The second-order valence-electron chi connectivity index (χ2n) is 5.29. The predicted molar refractivity (Wildman–Crippen MR) is 82.7 cm³/mol. The molecule has 1 aliphatic rings. The predicted octanol–water partition coefficient (Wildman–Crippen LogP) is 2.59. The number of methoxy groups -OCH3 is 1. The van der Waals surface area contributed by atoms with Crippen molar-refractivity contribution in [1.29, 1.82) is 0 Å². The fourth-order valence-electron chi connectivity index (χ4n) is 2.89. The lowest BCUT2D eigenvalue weighted by Crippen LogP contribution is -2.44. The van der Waals surface area contributed by atoms with E-state index in [0.29, 0.717) is 6.04 Å². The Balaban J connectivity index is 2.40. The zero-order valence-corrected chi connectivity index (χ0v) is 13.0. The topological polar surface area (TPSA) is 33.7 Å².